The summed E-state index contributed by atoms with van der Waals surface area (Å²) in [5.41, 5.74) is 0. The first-order chi connectivity index (χ1) is 5.83. The van der Waals surface area contributed by atoms with Gasteiger partial charge in [0.15, 0.2) is 19.7 Å². The van der Waals surface area contributed by atoms with Crippen molar-refractivity contribution in [2.45, 2.75) is 0 Å². The average Bonchev–Trinajstić information content (AvgIpc) is 2.04. The van der Waals surface area contributed by atoms with Gasteiger partial charge < -0.3 is 4.74 Å². The van der Waals surface area contributed by atoms with Crippen LogP contribution in [0, 0.1) is 13.8 Å². The Labute approximate surface area is 78.9 Å². The Morgan fingerprint density at radius 1 is 0.846 bits per heavy atom. The van der Waals surface area contributed by atoms with Gasteiger partial charge in [0.25, 0.3) is 0 Å². The van der Waals surface area contributed by atoms with E-state index in [1.165, 1.54) is 0 Å². The predicted octanol–water partition coefficient (Wildman–Crippen LogP) is -0.584. The summed E-state index contributed by atoms with van der Waals surface area (Å²) in [5.74, 6) is -1.85. The molecule has 0 saturated heterocycles. The van der Waals surface area contributed by atoms with Crippen LogP contribution in [-0.4, -0.2) is 40.2 Å². The van der Waals surface area contributed by atoms with Crippen LogP contribution in [0.1, 0.15) is 0 Å². The Hall–Kier alpha value is -0.140. The highest BCUT2D eigenvalue weighted by Crippen LogP contribution is 1.94. The van der Waals surface area contributed by atoms with Crippen LogP contribution >= 0.6 is 0 Å². The van der Waals surface area contributed by atoms with Gasteiger partial charge in [-0.2, -0.15) is 0 Å². The minimum atomic E-state index is -3.37. The lowest BCUT2D eigenvalue weighted by molar-refractivity contribution is 0.225. The zero-order valence-corrected chi connectivity index (χ0v) is 8.73. The second kappa shape index (κ2) is 4.92. The molecule has 0 rings (SSSR count). The molecule has 0 amide bonds. The van der Waals surface area contributed by atoms with E-state index in [1.54, 1.807) is 0 Å². The first-order valence-electron chi connectivity index (χ1n) is 3.40. The second-order valence-corrected chi connectivity index (χ2v) is 6.60. The highest BCUT2D eigenvalue weighted by molar-refractivity contribution is 7.92. The Kier molecular flexibility index (Phi) is 4.87. The zero-order valence-electron chi connectivity index (χ0n) is 7.10. The lowest BCUT2D eigenvalue weighted by atomic mass is 11.0. The molecule has 5 nitrogen and oxygen atoms in total. The summed E-state index contributed by atoms with van der Waals surface area (Å²) in [6, 6.07) is 0. The Morgan fingerprint density at radius 3 is 1.38 bits per heavy atom. The normalized spacial score (nSPS) is 13.1. The molecule has 0 aromatic heterocycles. The van der Waals surface area contributed by atoms with E-state index >= 15 is 0 Å². The van der Waals surface area contributed by atoms with Gasteiger partial charge >= 0.3 is 0 Å². The summed E-state index contributed by atoms with van der Waals surface area (Å²) >= 11 is 0. The van der Waals surface area contributed by atoms with Gasteiger partial charge in [-0.1, -0.05) is 0 Å². The monoisotopic (exact) mass is 228 g/mol. The second-order valence-electron chi connectivity index (χ2n) is 2.34. The van der Waals surface area contributed by atoms with Gasteiger partial charge in [-0.25, -0.2) is 16.8 Å². The highest BCUT2D eigenvalue weighted by Gasteiger charge is 2.11. The van der Waals surface area contributed by atoms with Gasteiger partial charge in [0.2, 0.25) is 0 Å². The largest absolute Gasteiger partial charge is 0.350 e. The van der Waals surface area contributed by atoms with Crippen molar-refractivity contribution >= 4 is 19.7 Å². The Balaban J connectivity index is 3.96. The average molecular weight is 228 g/mol. The van der Waals surface area contributed by atoms with Gasteiger partial charge in [0.1, 0.15) is 11.9 Å². The highest BCUT2D eigenvalue weighted by atomic mass is 32.2. The van der Waals surface area contributed by atoms with Crippen LogP contribution in [0.2, 0.25) is 0 Å². The van der Waals surface area contributed by atoms with Crippen LogP contribution in [0.15, 0.2) is 0 Å². The quantitative estimate of drug-likeness (QED) is 0.607. The van der Waals surface area contributed by atoms with Crippen molar-refractivity contribution in [1.29, 1.82) is 0 Å². The maximum atomic E-state index is 10.8. The molecule has 0 heterocycles. The van der Waals surface area contributed by atoms with Crippen molar-refractivity contribution in [2.75, 3.05) is 23.4 Å². The molecule has 0 aromatic rings. The maximum absolute atomic E-state index is 10.8. The van der Waals surface area contributed by atoms with E-state index in [-0.39, 0.29) is 11.5 Å². The van der Waals surface area contributed by atoms with Crippen LogP contribution in [-0.2, 0) is 24.4 Å². The molecular formula is C6H12O5S2. The van der Waals surface area contributed by atoms with Gasteiger partial charge in [-0.05, 0) is 13.8 Å². The molecule has 0 N–H and O–H groups in total. The van der Waals surface area contributed by atoms with Crippen LogP contribution in [0.3, 0.4) is 0 Å². The molecule has 78 valence electrons. The lowest BCUT2D eigenvalue weighted by Crippen LogP contribution is -2.17. The number of hydrogen-bond donors (Lipinski definition) is 0. The van der Waals surface area contributed by atoms with E-state index in [0.717, 1.165) is 0 Å². The first-order valence-corrected chi connectivity index (χ1v) is 7.04. The Bertz CT molecular complexity index is 292. The summed E-state index contributed by atoms with van der Waals surface area (Å²) in [6.07, 6.45) is 0. The van der Waals surface area contributed by atoms with E-state index in [4.69, 9.17) is 0 Å². The fraction of sp³-hybridized carbons (Fsp3) is 0.667. The zero-order chi connectivity index (χ0) is 10.5. The summed E-state index contributed by atoms with van der Waals surface area (Å²) in [4.78, 5) is 0. The number of ether oxygens (including phenoxy) is 1. The van der Waals surface area contributed by atoms with E-state index in [0.29, 0.717) is 0 Å². The standard InChI is InChI=1S/C6H12O5S2/c1-3-12(7,8)5-11-6-13(9,10)4-2/h1-6H2. The summed E-state index contributed by atoms with van der Waals surface area (Å²) in [6.45, 7) is 6.33. The van der Waals surface area contributed by atoms with E-state index < -0.39 is 31.6 Å². The van der Waals surface area contributed by atoms with Crippen molar-refractivity contribution in [3.05, 3.63) is 13.8 Å². The molecule has 0 spiro atoms. The molecule has 0 aromatic carbocycles. The molecule has 0 aliphatic heterocycles. The lowest BCUT2D eigenvalue weighted by Gasteiger charge is -2.03. The van der Waals surface area contributed by atoms with Crippen LogP contribution in [0.4, 0.5) is 0 Å². The molecule has 2 radical (unpaired) electrons. The molecular weight excluding hydrogens is 216 g/mol. The molecule has 0 unspecified atom stereocenters. The predicted molar refractivity (Wildman–Crippen MR) is 49.1 cm³/mol. The van der Waals surface area contributed by atoms with Crippen LogP contribution in [0.25, 0.3) is 0 Å². The van der Waals surface area contributed by atoms with Crippen LogP contribution in [0.5, 0.6) is 0 Å². The molecule has 0 fully saturated rings. The minimum absolute atomic E-state index is 0.308. The minimum Gasteiger partial charge on any atom is -0.350 e. The fourth-order valence-electron chi connectivity index (χ4n) is 0.406. The van der Waals surface area contributed by atoms with Crippen LogP contribution < -0.4 is 0 Å². The molecule has 0 atom stereocenters. The Morgan fingerprint density at radius 2 is 1.15 bits per heavy atom. The van der Waals surface area contributed by atoms with Crippen molar-refractivity contribution in [3.63, 3.8) is 0 Å². The molecule has 7 heteroatoms. The van der Waals surface area contributed by atoms with Crippen molar-refractivity contribution in [3.8, 4) is 0 Å². The van der Waals surface area contributed by atoms with E-state index in [9.17, 15) is 16.8 Å². The van der Waals surface area contributed by atoms with Gasteiger partial charge in [0.05, 0.1) is 11.5 Å². The van der Waals surface area contributed by atoms with Gasteiger partial charge in [-0.3, -0.25) is 0 Å². The van der Waals surface area contributed by atoms with Gasteiger partial charge in [0, 0.05) is 0 Å². The van der Waals surface area contributed by atoms with E-state index in [2.05, 4.69) is 18.6 Å². The van der Waals surface area contributed by atoms with Crippen molar-refractivity contribution in [1.82, 2.24) is 0 Å². The third-order valence-electron chi connectivity index (χ3n) is 1.15. The SMILES string of the molecule is [CH2]CS(=O)(=O)COCS(=O)(=O)C[CH2]. The topological polar surface area (TPSA) is 77.5 Å². The molecule has 0 bridgehead atoms. The first kappa shape index (κ1) is 12.9. The van der Waals surface area contributed by atoms with Gasteiger partial charge in [-0.15, -0.1) is 0 Å². The summed E-state index contributed by atoms with van der Waals surface area (Å²) in [5, 5.41) is 0. The fourth-order valence-corrected chi connectivity index (χ4v) is 1.42. The molecule has 0 aliphatic carbocycles. The maximum Gasteiger partial charge on any atom is 0.174 e. The van der Waals surface area contributed by atoms with E-state index in [1.807, 2.05) is 0 Å². The molecule has 0 saturated carbocycles. The molecule has 0 aliphatic rings. The smallest absolute Gasteiger partial charge is 0.174 e. The third-order valence-corrected chi connectivity index (χ3v) is 3.44. The number of rotatable bonds is 6. The third kappa shape index (κ3) is 6.00. The molecule has 13 heavy (non-hydrogen) atoms. The number of sulfone groups is 2. The number of hydrogen-bond acceptors (Lipinski definition) is 5. The summed E-state index contributed by atoms with van der Waals surface area (Å²) < 4.78 is 47.6. The van der Waals surface area contributed by atoms with Crippen molar-refractivity contribution in [2.24, 2.45) is 0 Å². The summed E-state index contributed by atoms with van der Waals surface area (Å²) in [7, 11) is -6.74. The van der Waals surface area contributed by atoms with Crippen molar-refractivity contribution < 1.29 is 21.6 Å².